The van der Waals surface area contributed by atoms with E-state index in [2.05, 4.69) is 24.4 Å². The highest BCUT2D eigenvalue weighted by molar-refractivity contribution is 7.09. The van der Waals surface area contributed by atoms with E-state index in [9.17, 15) is 4.79 Å². The zero-order valence-corrected chi connectivity index (χ0v) is 10.6. The summed E-state index contributed by atoms with van der Waals surface area (Å²) in [5, 5.41) is 2.10. The van der Waals surface area contributed by atoms with E-state index in [-0.39, 0.29) is 0 Å². The number of Topliss-reactive ketones (excluding diaryl/α,β-unsaturated/α-hetero) is 1. The van der Waals surface area contributed by atoms with Crippen molar-refractivity contribution in [3.05, 3.63) is 33.5 Å². The first kappa shape index (κ1) is 11.6. The van der Waals surface area contributed by atoms with E-state index in [4.69, 9.17) is 0 Å². The fourth-order valence-electron chi connectivity index (χ4n) is 2.37. The number of allylic oxidation sites excluding steroid dienone is 2. The third-order valence-electron chi connectivity index (χ3n) is 3.27. The Labute approximate surface area is 101 Å². The summed E-state index contributed by atoms with van der Waals surface area (Å²) in [6, 6.07) is 4.24. The largest absolute Gasteiger partial charge is 0.295 e. The van der Waals surface area contributed by atoms with Crippen molar-refractivity contribution < 1.29 is 4.79 Å². The third kappa shape index (κ3) is 2.62. The quantitative estimate of drug-likeness (QED) is 0.765. The van der Waals surface area contributed by atoms with Crippen LogP contribution in [0.5, 0.6) is 0 Å². The number of rotatable bonds is 4. The Kier molecular flexibility index (Phi) is 3.94. The minimum absolute atomic E-state index is 0.402. The molecule has 1 nitrogen and oxygen atoms in total. The lowest BCUT2D eigenvalue weighted by Crippen LogP contribution is -2.12. The standard InChI is InChI=1S/C14H18OS/c1-2-11-5-3-7-14(15)13(11)9-8-12-6-4-10-16-12/h4,6,10H,2-3,5,7-9H2,1H3. The topological polar surface area (TPSA) is 17.1 Å². The summed E-state index contributed by atoms with van der Waals surface area (Å²) in [7, 11) is 0. The highest BCUT2D eigenvalue weighted by Gasteiger charge is 2.18. The molecular formula is C14H18OS. The Bertz CT molecular complexity index is 387. The Balaban J connectivity index is 2.05. The van der Waals surface area contributed by atoms with Crippen molar-refractivity contribution in [3.8, 4) is 0 Å². The van der Waals surface area contributed by atoms with Gasteiger partial charge in [0.05, 0.1) is 0 Å². The predicted octanol–water partition coefficient (Wildman–Crippen LogP) is 4.14. The van der Waals surface area contributed by atoms with Crippen molar-refractivity contribution >= 4 is 17.1 Å². The van der Waals surface area contributed by atoms with E-state index in [1.54, 1.807) is 11.3 Å². The van der Waals surface area contributed by atoms with Crippen LogP contribution in [0.2, 0.25) is 0 Å². The molecule has 1 aliphatic rings. The van der Waals surface area contributed by atoms with Gasteiger partial charge in [0.15, 0.2) is 5.78 Å². The smallest absolute Gasteiger partial charge is 0.158 e. The van der Waals surface area contributed by atoms with Gasteiger partial charge in [-0.15, -0.1) is 11.3 Å². The number of carbonyl (C=O) groups excluding carboxylic acids is 1. The normalized spacial score (nSPS) is 16.9. The molecule has 0 amide bonds. The highest BCUT2D eigenvalue weighted by Crippen LogP contribution is 2.28. The van der Waals surface area contributed by atoms with Crippen LogP contribution in [-0.4, -0.2) is 5.78 Å². The SMILES string of the molecule is CCC1=C(CCc2cccs2)C(=O)CCC1. The van der Waals surface area contributed by atoms with Crippen LogP contribution >= 0.6 is 11.3 Å². The second kappa shape index (κ2) is 5.44. The van der Waals surface area contributed by atoms with Crippen LogP contribution < -0.4 is 0 Å². The van der Waals surface area contributed by atoms with Crippen LogP contribution in [0.1, 0.15) is 43.9 Å². The van der Waals surface area contributed by atoms with Gasteiger partial charge in [0.25, 0.3) is 0 Å². The minimum Gasteiger partial charge on any atom is -0.295 e. The maximum atomic E-state index is 11.9. The summed E-state index contributed by atoms with van der Waals surface area (Å²) >= 11 is 1.79. The Morgan fingerprint density at radius 1 is 1.31 bits per heavy atom. The van der Waals surface area contributed by atoms with E-state index >= 15 is 0 Å². The summed E-state index contributed by atoms with van der Waals surface area (Å²) in [5.41, 5.74) is 2.55. The lowest BCUT2D eigenvalue weighted by Gasteiger charge is -2.18. The fraction of sp³-hybridized carbons (Fsp3) is 0.500. The van der Waals surface area contributed by atoms with Crippen molar-refractivity contribution in [1.82, 2.24) is 0 Å². The van der Waals surface area contributed by atoms with Gasteiger partial charge in [-0.2, -0.15) is 0 Å². The molecule has 0 radical (unpaired) electrons. The molecule has 0 unspecified atom stereocenters. The van der Waals surface area contributed by atoms with Gasteiger partial charge < -0.3 is 0 Å². The van der Waals surface area contributed by atoms with Crippen LogP contribution in [0, 0.1) is 0 Å². The third-order valence-corrected chi connectivity index (χ3v) is 4.21. The molecule has 1 heterocycles. The number of hydrogen-bond acceptors (Lipinski definition) is 2. The lowest BCUT2D eigenvalue weighted by molar-refractivity contribution is -0.116. The Morgan fingerprint density at radius 2 is 2.19 bits per heavy atom. The maximum absolute atomic E-state index is 11.9. The molecule has 0 bridgehead atoms. The summed E-state index contributed by atoms with van der Waals surface area (Å²) in [4.78, 5) is 13.3. The maximum Gasteiger partial charge on any atom is 0.158 e. The van der Waals surface area contributed by atoms with Gasteiger partial charge >= 0.3 is 0 Å². The van der Waals surface area contributed by atoms with Crippen LogP contribution in [0.3, 0.4) is 0 Å². The van der Waals surface area contributed by atoms with Crippen molar-refractivity contribution in [2.75, 3.05) is 0 Å². The molecule has 0 saturated carbocycles. The van der Waals surface area contributed by atoms with Crippen molar-refractivity contribution in [2.24, 2.45) is 0 Å². The van der Waals surface area contributed by atoms with Gasteiger partial charge in [0, 0.05) is 11.3 Å². The summed E-state index contributed by atoms with van der Waals surface area (Å²) < 4.78 is 0. The molecule has 0 atom stereocenters. The highest BCUT2D eigenvalue weighted by atomic mass is 32.1. The Hall–Kier alpha value is -0.890. The first-order valence-electron chi connectivity index (χ1n) is 6.07. The van der Waals surface area contributed by atoms with Gasteiger partial charge in [-0.3, -0.25) is 4.79 Å². The molecule has 1 aliphatic carbocycles. The van der Waals surface area contributed by atoms with Gasteiger partial charge in [0.1, 0.15) is 0 Å². The number of carbonyl (C=O) groups is 1. The van der Waals surface area contributed by atoms with Gasteiger partial charge in [-0.1, -0.05) is 18.6 Å². The number of hydrogen-bond donors (Lipinski definition) is 0. The van der Waals surface area contributed by atoms with E-state index in [0.717, 1.165) is 44.1 Å². The molecule has 86 valence electrons. The zero-order valence-electron chi connectivity index (χ0n) is 9.79. The molecule has 0 aromatic carbocycles. The van der Waals surface area contributed by atoms with E-state index in [1.807, 2.05) is 0 Å². The van der Waals surface area contributed by atoms with Crippen LogP contribution in [0.25, 0.3) is 0 Å². The first-order chi connectivity index (χ1) is 7.81. The number of aryl methyl sites for hydroxylation is 1. The lowest BCUT2D eigenvalue weighted by atomic mass is 9.87. The molecule has 2 heteroatoms. The monoisotopic (exact) mass is 234 g/mol. The fourth-order valence-corrected chi connectivity index (χ4v) is 3.08. The Morgan fingerprint density at radius 3 is 2.88 bits per heavy atom. The first-order valence-corrected chi connectivity index (χ1v) is 6.95. The second-order valence-corrected chi connectivity index (χ2v) is 5.32. The van der Waals surface area contributed by atoms with E-state index in [0.29, 0.717) is 5.78 Å². The van der Waals surface area contributed by atoms with Crippen LogP contribution in [0.15, 0.2) is 28.7 Å². The molecular weight excluding hydrogens is 216 g/mol. The van der Waals surface area contributed by atoms with Gasteiger partial charge in [0.2, 0.25) is 0 Å². The molecule has 1 aromatic rings. The van der Waals surface area contributed by atoms with E-state index in [1.165, 1.54) is 10.5 Å². The van der Waals surface area contributed by atoms with Crippen molar-refractivity contribution in [3.63, 3.8) is 0 Å². The second-order valence-electron chi connectivity index (χ2n) is 4.29. The predicted molar refractivity (Wildman–Crippen MR) is 68.8 cm³/mol. The summed E-state index contributed by atoms with van der Waals surface area (Å²) in [6.45, 7) is 2.17. The van der Waals surface area contributed by atoms with Crippen molar-refractivity contribution in [2.45, 2.75) is 45.4 Å². The molecule has 0 saturated heterocycles. The molecule has 0 N–H and O–H groups in total. The van der Waals surface area contributed by atoms with Crippen LogP contribution in [-0.2, 0) is 11.2 Å². The van der Waals surface area contributed by atoms with Gasteiger partial charge in [-0.25, -0.2) is 0 Å². The summed E-state index contributed by atoms with van der Waals surface area (Å²) in [5.74, 6) is 0.402. The molecule has 0 fully saturated rings. The van der Waals surface area contributed by atoms with E-state index < -0.39 is 0 Å². The molecule has 2 rings (SSSR count). The van der Waals surface area contributed by atoms with Crippen LogP contribution in [0.4, 0.5) is 0 Å². The van der Waals surface area contributed by atoms with Crippen molar-refractivity contribution in [1.29, 1.82) is 0 Å². The zero-order chi connectivity index (χ0) is 11.4. The molecule has 0 spiro atoms. The average Bonchev–Trinajstić information content (AvgIpc) is 2.80. The number of ketones is 1. The summed E-state index contributed by atoms with van der Waals surface area (Å²) in [6.07, 6.45) is 5.99. The molecule has 0 aliphatic heterocycles. The molecule has 16 heavy (non-hydrogen) atoms. The average molecular weight is 234 g/mol. The number of thiophene rings is 1. The minimum atomic E-state index is 0.402. The molecule has 1 aromatic heterocycles. The van der Waals surface area contributed by atoms with Gasteiger partial charge in [-0.05, 0) is 49.1 Å².